The topological polar surface area (TPSA) is 50.7 Å². The van der Waals surface area contributed by atoms with Gasteiger partial charge in [-0.2, -0.15) is 5.10 Å². The fourth-order valence-corrected chi connectivity index (χ4v) is 1.70. The van der Waals surface area contributed by atoms with Crippen LogP contribution < -0.4 is 5.43 Å². The van der Waals surface area contributed by atoms with E-state index in [1.54, 1.807) is 0 Å². The molecule has 0 aliphatic carbocycles. The summed E-state index contributed by atoms with van der Waals surface area (Å²) in [6.45, 7) is 3.72. The van der Waals surface area contributed by atoms with Crippen molar-refractivity contribution in [2.45, 2.75) is 25.9 Å². The molecule has 16 heavy (non-hydrogen) atoms. The predicted molar refractivity (Wildman–Crippen MR) is 61.3 cm³/mol. The lowest BCUT2D eigenvalue weighted by atomic mass is 9.92. The molecule has 1 aromatic carbocycles. The van der Waals surface area contributed by atoms with Crippen LogP contribution >= 0.6 is 0 Å². The van der Waals surface area contributed by atoms with Crippen molar-refractivity contribution < 1.29 is 9.53 Å². The van der Waals surface area contributed by atoms with Crippen LogP contribution in [0.2, 0.25) is 0 Å². The molecule has 84 valence electrons. The lowest BCUT2D eigenvalue weighted by molar-refractivity contribution is 0.0644. The molecule has 0 radical (unpaired) electrons. The van der Waals surface area contributed by atoms with Crippen molar-refractivity contribution in [1.29, 1.82) is 0 Å². The molecule has 1 N–H and O–H groups in total. The van der Waals surface area contributed by atoms with Crippen LogP contribution in [0.4, 0.5) is 4.79 Å². The van der Waals surface area contributed by atoms with E-state index < -0.39 is 11.7 Å². The van der Waals surface area contributed by atoms with Gasteiger partial charge < -0.3 is 4.74 Å². The number of nitrogens with zero attached hydrogens (tertiary/aromatic N) is 1. The van der Waals surface area contributed by atoms with E-state index >= 15 is 0 Å². The van der Waals surface area contributed by atoms with Crippen LogP contribution in [0, 0.1) is 0 Å². The lowest BCUT2D eigenvalue weighted by Gasteiger charge is -2.32. The van der Waals surface area contributed by atoms with Gasteiger partial charge in [0.1, 0.15) is 0 Å². The van der Waals surface area contributed by atoms with Gasteiger partial charge in [-0.05, 0) is 19.4 Å². The number of cyclic esters (lactones) is 1. The van der Waals surface area contributed by atoms with E-state index in [4.69, 9.17) is 4.74 Å². The number of rotatable bonds is 2. The molecule has 0 saturated heterocycles. The van der Waals surface area contributed by atoms with Crippen molar-refractivity contribution in [2.75, 3.05) is 0 Å². The molecule has 0 saturated carbocycles. The number of hydrogen-bond acceptors (Lipinski definition) is 3. The van der Waals surface area contributed by atoms with Crippen LogP contribution in [0.1, 0.15) is 19.4 Å². The molecule has 0 bridgehead atoms. The number of hydrogen-bond donors (Lipinski definition) is 1. The van der Waals surface area contributed by atoms with E-state index in [1.807, 2.05) is 44.2 Å². The van der Waals surface area contributed by atoms with Gasteiger partial charge in [-0.25, -0.2) is 10.2 Å². The summed E-state index contributed by atoms with van der Waals surface area (Å²) < 4.78 is 5.31. The summed E-state index contributed by atoms with van der Waals surface area (Å²) in [6, 6.07) is 9.91. The molecule has 1 heterocycles. The number of nitrogens with one attached hydrogen (secondary N) is 1. The maximum absolute atomic E-state index is 11.2. The van der Waals surface area contributed by atoms with E-state index in [-0.39, 0.29) is 0 Å². The van der Waals surface area contributed by atoms with Crippen molar-refractivity contribution in [3.8, 4) is 0 Å². The summed E-state index contributed by atoms with van der Waals surface area (Å²) in [5.41, 5.74) is 3.54. The number of carbonyl (C=O) groups excluding carboxylic acids is 1. The molecular weight excluding hydrogens is 204 g/mol. The quantitative estimate of drug-likeness (QED) is 0.826. The molecule has 1 aromatic rings. The second kappa shape index (κ2) is 3.96. The molecule has 1 aliphatic rings. The fraction of sp³-hybridized carbons (Fsp3) is 0.333. The molecule has 0 spiro atoms. The summed E-state index contributed by atoms with van der Waals surface area (Å²) in [5, 5.41) is 3.95. The van der Waals surface area contributed by atoms with E-state index in [0.717, 1.165) is 11.3 Å². The Morgan fingerprint density at radius 1 is 1.38 bits per heavy atom. The SMILES string of the molecule is CC1=NNC(=O)O[C@@]1(C)Cc1ccccc1. The highest BCUT2D eigenvalue weighted by atomic mass is 16.6. The molecule has 0 unspecified atom stereocenters. The maximum atomic E-state index is 11.2. The summed E-state index contributed by atoms with van der Waals surface area (Å²) >= 11 is 0. The van der Waals surface area contributed by atoms with Crippen molar-refractivity contribution in [3.63, 3.8) is 0 Å². The van der Waals surface area contributed by atoms with Crippen LogP contribution in [0.25, 0.3) is 0 Å². The average Bonchev–Trinajstić information content (AvgIpc) is 2.25. The molecule has 0 aromatic heterocycles. The van der Waals surface area contributed by atoms with Gasteiger partial charge in [0.2, 0.25) is 0 Å². The second-order valence-corrected chi connectivity index (χ2v) is 4.09. The fourth-order valence-electron chi connectivity index (χ4n) is 1.70. The third kappa shape index (κ3) is 2.05. The Hall–Kier alpha value is -1.84. The Bertz CT molecular complexity index is 428. The smallest absolute Gasteiger partial charge is 0.428 e. The van der Waals surface area contributed by atoms with Gasteiger partial charge in [0.25, 0.3) is 0 Å². The van der Waals surface area contributed by atoms with Crippen molar-refractivity contribution in [3.05, 3.63) is 35.9 Å². The third-order valence-corrected chi connectivity index (χ3v) is 2.78. The molecule has 1 amide bonds. The lowest BCUT2D eigenvalue weighted by Crippen LogP contribution is -2.48. The van der Waals surface area contributed by atoms with E-state index in [2.05, 4.69) is 10.5 Å². The minimum absolute atomic E-state index is 0.496. The van der Waals surface area contributed by atoms with E-state index in [1.165, 1.54) is 0 Å². The zero-order chi connectivity index (χ0) is 11.6. The van der Waals surface area contributed by atoms with Crippen LogP contribution in [-0.4, -0.2) is 17.4 Å². The highest BCUT2D eigenvalue weighted by molar-refractivity contribution is 5.94. The van der Waals surface area contributed by atoms with Crippen LogP contribution in [0.15, 0.2) is 35.4 Å². The summed E-state index contributed by atoms with van der Waals surface area (Å²) in [6.07, 6.45) is 0.139. The van der Waals surface area contributed by atoms with Crippen LogP contribution in [0.3, 0.4) is 0 Å². The molecule has 4 heteroatoms. The number of ether oxygens (including phenoxy) is 1. The van der Waals surface area contributed by atoms with E-state index in [0.29, 0.717) is 6.42 Å². The van der Waals surface area contributed by atoms with Crippen molar-refractivity contribution in [1.82, 2.24) is 5.43 Å². The zero-order valence-electron chi connectivity index (χ0n) is 9.36. The Morgan fingerprint density at radius 3 is 2.75 bits per heavy atom. The molecule has 2 rings (SSSR count). The molecule has 1 aliphatic heterocycles. The Kier molecular flexibility index (Phi) is 2.64. The average molecular weight is 218 g/mol. The molecule has 0 fully saturated rings. The van der Waals surface area contributed by atoms with Crippen molar-refractivity contribution in [2.24, 2.45) is 5.10 Å². The Balaban J connectivity index is 2.22. The van der Waals surface area contributed by atoms with Crippen molar-refractivity contribution >= 4 is 11.8 Å². The maximum Gasteiger partial charge on any atom is 0.428 e. The molecule has 4 nitrogen and oxygen atoms in total. The number of hydrazone groups is 1. The first-order valence-corrected chi connectivity index (χ1v) is 5.18. The third-order valence-electron chi connectivity index (χ3n) is 2.78. The van der Waals surface area contributed by atoms with Gasteiger partial charge in [-0.3, -0.25) is 0 Å². The second-order valence-electron chi connectivity index (χ2n) is 4.09. The standard InChI is InChI=1S/C12H14N2O2/c1-9-12(2,16-11(15)14-13-9)8-10-6-4-3-5-7-10/h3-7H,8H2,1-2H3,(H,14,15)/t12-/m0/s1. The highest BCUT2D eigenvalue weighted by Crippen LogP contribution is 2.22. The van der Waals surface area contributed by atoms with Gasteiger partial charge in [-0.1, -0.05) is 30.3 Å². The monoisotopic (exact) mass is 218 g/mol. The Labute approximate surface area is 94.3 Å². The highest BCUT2D eigenvalue weighted by Gasteiger charge is 2.35. The van der Waals surface area contributed by atoms with Gasteiger partial charge in [-0.15, -0.1) is 0 Å². The predicted octanol–water partition coefficient (Wildman–Crippen LogP) is 2.10. The number of benzene rings is 1. The largest absolute Gasteiger partial charge is 0.435 e. The first-order chi connectivity index (χ1) is 7.60. The first-order valence-electron chi connectivity index (χ1n) is 5.18. The number of carbonyl (C=O) groups is 1. The summed E-state index contributed by atoms with van der Waals surface area (Å²) in [5.74, 6) is 0. The van der Waals surface area contributed by atoms with Crippen LogP contribution in [-0.2, 0) is 11.2 Å². The number of amides is 1. The summed E-state index contributed by atoms with van der Waals surface area (Å²) in [4.78, 5) is 11.2. The molecule has 1 atom stereocenters. The minimum atomic E-state index is -0.649. The minimum Gasteiger partial charge on any atom is -0.435 e. The van der Waals surface area contributed by atoms with Gasteiger partial charge in [0.05, 0.1) is 5.71 Å². The normalized spacial score (nSPS) is 24.4. The van der Waals surface area contributed by atoms with E-state index in [9.17, 15) is 4.79 Å². The Morgan fingerprint density at radius 2 is 2.06 bits per heavy atom. The van der Waals surface area contributed by atoms with Gasteiger partial charge in [0.15, 0.2) is 5.60 Å². The van der Waals surface area contributed by atoms with Gasteiger partial charge in [0, 0.05) is 6.42 Å². The van der Waals surface area contributed by atoms with Gasteiger partial charge >= 0.3 is 6.09 Å². The van der Waals surface area contributed by atoms with Crippen LogP contribution in [0.5, 0.6) is 0 Å². The zero-order valence-corrected chi connectivity index (χ0v) is 9.36. The summed E-state index contributed by atoms with van der Waals surface area (Å²) in [7, 11) is 0. The molecular formula is C12H14N2O2. The first kappa shape index (κ1) is 10.7.